The maximum absolute atomic E-state index is 12.2. The Labute approximate surface area is 114 Å². The molecule has 106 valence electrons. The Kier molecular flexibility index (Phi) is 4.88. The standard InChI is InChI=1S/C15H23NO3/c1-3-5-12(6-4-2)16-15(17)11-7-8-13-14(9-11)19-10-18-13/h9,12H,3-8,10H2,1-2H3,(H,16,17). The largest absolute Gasteiger partial charge is 0.458 e. The Bertz CT molecular complexity index is 392. The molecule has 19 heavy (non-hydrogen) atoms. The summed E-state index contributed by atoms with van der Waals surface area (Å²) < 4.78 is 10.7. The van der Waals surface area contributed by atoms with Gasteiger partial charge < -0.3 is 14.8 Å². The Morgan fingerprint density at radius 3 is 2.68 bits per heavy atom. The van der Waals surface area contributed by atoms with Crippen LogP contribution in [0.4, 0.5) is 0 Å². The van der Waals surface area contributed by atoms with Crippen LogP contribution in [0, 0.1) is 0 Å². The molecule has 4 nitrogen and oxygen atoms in total. The molecule has 0 spiro atoms. The first-order valence-electron chi connectivity index (χ1n) is 7.24. The first-order valence-corrected chi connectivity index (χ1v) is 7.24. The van der Waals surface area contributed by atoms with Crippen LogP contribution >= 0.6 is 0 Å². The summed E-state index contributed by atoms with van der Waals surface area (Å²) in [7, 11) is 0. The number of carbonyl (C=O) groups excluding carboxylic acids is 1. The monoisotopic (exact) mass is 265 g/mol. The summed E-state index contributed by atoms with van der Waals surface area (Å²) in [5.74, 6) is 1.67. The predicted octanol–water partition coefficient (Wildman–Crippen LogP) is 3.01. The van der Waals surface area contributed by atoms with Crippen molar-refractivity contribution in [1.29, 1.82) is 0 Å². The van der Waals surface area contributed by atoms with E-state index in [2.05, 4.69) is 19.2 Å². The molecule has 0 bridgehead atoms. The normalized spacial score (nSPS) is 17.7. The van der Waals surface area contributed by atoms with Crippen molar-refractivity contribution >= 4 is 5.91 Å². The number of nitrogens with one attached hydrogen (secondary N) is 1. The number of rotatable bonds is 6. The smallest absolute Gasteiger partial charge is 0.247 e. The second kappa shape index (κ2) is 6.64. The first kappa shape index (κ1) is 14.0. The van der Waals surface area contributed by atoms with E-state index in [-0.39, 0.29) is 12.7 Å². The fraction of sp³-hybridized carbons (Fsp3) is 0.667. The van der Waals surface area contributed by atoms with E-state index in [1.165, 1.54) is 0 Å². The molecule has 0 saturated carbocycles. The molecule has 1 heterocycles. The van der Waals surface area contributed by atoms with Crippen LogP contribution in [0.3, 0.4) is 0 Å². The maximum atomic E-state index is 12.2. The van der Waals surface area contributed by atoms with E-state index in [1.54, 1.807) is 0 Å². The zero-order valence-electron chi connectivity index (χ0n) is 11.8. The molecule has 0 unspecified atom stereocenters. The van der Waals surface area contributed by atoms with Gasteiger partial charge in [-0.3, -0.25) is 4.79 Å². The van der Waals surface area contributed by atoms with E-state index in [0.717, 1.165) is 55.6 Å². The summed E-state index contributed by atoms with van der Waals surface area (Å²) in [6.45, 7) is 4.58. The van der Waals surface area contributed by atoms with Crippen molar-refractivity contribution in [2.75, 3.05) is 6.79 Å². The zero-order chi connectivity index (χ0) is 13.7. The quantitative estimate of drug-likeness (QED) is 0.803. The minimum Gasteiger partial charge on any atom is -0.458 e. The van der Waals surface area contributed by atoms with Crippen LogP contribution in [0.1, 0.15) is 52.4 Å². The molecule has 4 heteroatoms. The lowest BCUT2D eigenvalue weighted by Crippen LogP contribution is -2.36. The highest BCUT2D eigenvalue weighted by atomic mass is 16.7. The molecule has 0 atom stereocenters. The van der Waals surface area contributed by atoms with Crippen LogP contribution in [0.25, 0.3) is 0 Å². The Morgan fingerprint density at radius 2 is 2.00 bits per heavy atom. The van der Waals surface area contributed by atoms with E-state index in [0.29, 0.717) is 6.04 Å². The van der Waals surface area contributed by atoms with Crippen molar-refractivity contribution in [3.05, 3.63) is 23.2 Å². The minimum atomic E-state index is 0.0500. The van der Waals surface area contributed by atoms with Gasteiger partial charge in [-0.25, -0.2) is 0 Å². The number of hydrogen-bond donors (Lipinski definition) is 1. The van der Waals surface area contributed by atoms with Gasteiger partial charge in [0.25, 0.3) is 0 Å². The van der Waals surface area contributed by atoms with Crippen molar-refractivity contribution in [1.82, 2.24) is 5.32 Å². The molecule has 1 aliphatic heterocycles. The van der Waals surface area contributed by atoms with Gasteiger partial charge >= 0.3 is 0 Å². The van der Waals surface area contributed by atoms with Crippen LogP contribution in [-0.4, -0.2) is 18.7 Å². The van der Waals surface area contributed by atoms with Gasteiger partial charge in [0.2, 0.25) is 12.7 Å². The summed E-state index contributed by atoms with van der Waals surface area (Å²) in [5.41, 5.74) is 0.807. The first-order chi connectivity index (χ1) is 9.24. The van der Waals surface area contributed by atoms with E-state index >= 15 is 0 Å². The molecule has 1 amide bonds. The molecule has 0 aromatic carbocycles. The van der Waals surface area contributed by atoms with Gasteiger partial charge in [-0.05, 0) is 25.3 Å². The fourth-order valence-electron chi connectivity index (χ4n) is 2.55. The van der Waals surface area contributed by atoms with Crippen molar-refractivity contribution in [3.63, 3.8) is 0 Å². The molecule has 0 aromatic rings. The molecule has 0 aromatic heterocycles. The highest BCUT2D eigenvalue weighted by Crippen LogP contribution is 2.29. The van der Waals surface area contributed by atoms with Gasteiger partial charge in [0.05, 0.1) is 0 Å². The highest BCUT2D eigenvalue weighted by molar-refractivity contribution is 5.94. The van der Waals surface area contributed by atoms with Gasteiger partial charge in [0, 0.05) is 18.0 Å². The zero-order valence-corrected chi connectivity index (χ0v) is 11.8. The molecule has 1 aliphatic carbocycles. The predicted molar refractivity (Wildman–Crippen MR) is 73.1 cm³/mol. The lowest BCUT2D eigenvalue weighted by Gasteiger charge is -2.19. The van der Waals surface area contributed by atoms with Crippen LogP contribution in [-0.2, 0) is 14.3 Å². The lowest BCUT2D eigenvalue weighted by molar-refractivity contribution is -0.118. The number of allylic oxidation sites excluding steroid dienone is 2. The third-order valence-corrected chi connectivity index (χ3v) is 3.55. The number of amides is 1. The summed E-state index contributed by atoms with van der Waals surface area (Å²) in [6.07, 6.45) is 7.60. The third-order valence-electron chi connectivity index (χ3n) is 3.55. The molecule has 0 saturated heterocycles. The lowest BCUT2D eigenvalue weighted by atomic mass is 10.0. The van der Waals surface area contributed by atoms with Gasteiger partial charge in [-0.1, -0.05) is 26.7 Å². The van der Waals surface area contributed by atoms with Crippen LogP contribution in [0.5, 0.6) is 0 Å². The van der Waals surface area contributed by atoms with Crippen molar-refractivity contribution in [2.45, 2.75) is 58.4 Å². The Hall–Kier alpha value is -1.45. The van der Waals surface area contributed by atoms with E-state index in [9.17, 15) is 4.79 Å². The summed E-state index contributed by atoms with van der Waals surface area (Å²) >= 11 is 0. The van der Waals surface area contributed by atoms with Gasteiger partial charge in [0.1, 0.15) is 5.76 Å². The van der Waals surface area contributed by atoms with Gasteiger partial charge in [-0.15, -0.1) is 0 Å². The highest BCUT2D eigenvalue weighted by Gasteiger charge is 2.24. The molecule has 1 N–H and O–H groups in total. The van der Waals surface area contributed by atoms with Crippen molar-refractivity contribution in [2.24, 2.45) is 0 Å². The molecule has 2 rings (SSSR count). The molecule has 2 aliphatic rings. The number of carbonyl (C=O) groups is 1. The van der Waals surface area contributed by atoms with Crippen LogP contribution in [0.15, 0.2) is 23.2 Å². The molecule has 0 radical (unpaired) electrons. The van der Waals surface area contributed by atoms with E-state index in [1.807, 2.05) is 6.08 Å². The summed E-state index contributed by atoms with van der Waals surface area (Å²) in [4.78, 5) is 12.2. The van der Waals surface area contributed by atoms with Crippen molar-refractivity contribution in [3.8, 4) is 0 Å². The third kappa shape index (κ3) is 3.52. The number of hydrogen-bond acceptors (Lipinski definition) is 3. The summed E-state index contributed by atoms with van der Waals surface area (Å²) in [6, 6.07) is 0.291. The maximum Gasteiger partial charge on any atom is 0.247 e. The average molecular weight is 265 g/mol. The minimum absolute atomic E-state index is 0.0500. The van der Waals surface area contributed by atoms with E-state index in [4.69, 9.17) is 9.47 Å². The Morgan fingerprint density at radius 1 is 1.26 bits per heavy atom. The summed E-state index contributed by atoms with van der Waals surface area (Å²) in [5, 5.41) is 3.14. The van der Waals surface area contributed by atoms with Crippen LogP contribution < -0.4 is 5.32 Å². The second-order valence-corrected chi connectivity index (χ2v) is 5.11. The van der Waals surface area contributed by atoms with Gasteiger partial charge in [0.15, 0.2) is 5.76 Å². The van der Waals surface area contributed by atoms with Gasteiger partial charge in [-0.2, -0.15) is 0 Å². The molecule has 0 fully saturated rings. The number of ether oxygens (including phenoxy) is 2. The topological polar surface area (TPSA) is 47.6 Å². The van der Waals surface area contributed by atoms with Crippen molar-refractivity contribution < 1.29 is 14.3 Å². The Balaban J connectivity index is 1.96. The molecular weight excluding hydrogens is 242 g/mol. The molecular formula is C15H23NO3. The fourth-order valence-corrected chi connectivity index (χ4v) is 2.55. The van der Waals surface area contributed by atoms with E-state index < -0.39 is 0 Å². The second-order valence-electron chi connectivity index (χ2n) is 5.11. The SMILES string of the molecule is CCCC(CCC)NC(=O)C1=CC2=C(CC1)OCO2. The average Bonchev–Trinajstić information content (AvgIpc) is 2.86. The van der Waals surface area contributed by atoms with Crippen LogP contribution in [0.2, 0.25) is 0 Å².